The standard InChI is InChI=1S/C18H16Cl2O2/c1-3-11-14(10-7-5-4-6-8-10)12-9-13(22-2)16(19)17(20)15(12)18(11)21/h4-9,11,14H,3H2,1-2H3. The molecule has 1 aliphatic carbocycles. The molecule has 0 radical (unpaired) electrons. The highest BCUT2D eigenvalue weighted by atomic mass is 35.5. The van der Waals surface area contributed by atoms with Crippen LogP contribution in [0.25, 0.3) is 0 Å². The van der Waals surface area contributed by atoms with E-state index in [1.54, 1.807) is 7.11 Å². The number of ketones is 1. The smallest absolute Gasteiger partial charge is 0.168 e. The zero-order chi connectivity index (χ0) is 15.9. The number of Topliss-reactive ketones (excluding diaryl/α,β-unsaturated/α-hetero) is 1. The highest BCUT2D eigenvalue weighted by molar-refractivity contribution is 6.45. The number of halogens is 2. The summed E-state index contributed by atoms with van der Waals surface area (Å²) in [6, 6.07) is 11.9. The molecule has 2 atom stereocenters. The number of hydrogen-bond donors (Lipinski definition) is 0. The van der Waals surface area contributed by atoms with Crippen molar-refractivity contribution < 1.29 is 9.53 Å². The lowest BCUT2D eigenvalue weighted by molar-refractivity contribution is 0.0926. The fraction of sp³-hybridized carbons (Fsp3) is 0.278. The van der Waals surface area contributed by atoms with Gasteiger partial charge in [-0.15, -0.1) is 0 Å². The van der Waals surface area contributed by atoms with E-state index in [0.29, 0.717) is 21.4 Å². The average molecular weight is 335 g/mol. The molecule has 1 aliphatic rings. The van der Waals surface area contributed by atoms with Crippen LogP contribution >= 0.6 is 23.2 Å². The maximum Gasteiger partial charge on any atom is 0.168 e. The Labute approximate surface area is 140 Å². The molecule has 3 rings (SSSR count). The topological polar surface area (TPSA) is 26.3 Å². The Bertz CT molecular complexity index is 726. The molecule has 0 saturated heterocycles. The minimum absolute atomic E-state index is 0.00244. The molecule has 4 heteroatoms. The van der Waals surface area contributed by atoms with Gasteiger partial charge in [0.1, 0.15) is 10.8 Å². The van der Waals surface area contributed by atoms with Crippen molar-refractivity contribution in [1.82, 2.24) is 0 Å². The zero-order valence-corrected chi connectivity index (χ0v) is 13.9. The molecule has 0 amide bonds. The van der Waals surface area contributed by atoms with E-state index in [4.69, 9.17) is 27.9 Å². The molecule has 0 spiro atoms. The summed E-state index contributed by atoms with van der Waals surface area (Å²) in [6.07, 6.45) is 0.753. The molecule has 0 bridgehead atoms. The Kier molecular flexibility index (Phi) is 4.16. The predicted octanol–water partition coefficient (Wildman–Crippen LogP) is 5.36. The summed E-state index contributed by atoms with van der Waals surface area (Å²) in [4.78, 5) is 12.8. The van der Waals surface area contributed by atoms with E-state index >= 15 is 0 Å². The molecule has 0 aromatic heterocycles. The lowest BCUT2D eigenvalue weighted by Gasteiger charge is -2.19. The van der Waals surface area contributed by atoms with Gasteiger partial charge in [0.15, 0.2) is 5.78 Å². The predicted molar refractivity (Wildman–Crippen MR) is 89.4 cm³/mol. The minimum Gasteiger partial charge on any atom is -0.495 e. The van der Waals surface area contributed by atoms with Crippen LogP contribution in [0, 0.1) is 5.92 Å². The summed E-state index contributed by atoms with van der Waals surface area (Å²) in [7, 11) is 1.55. The van der Waals surface area contributed by atoms with Crippen molar-refractivity contribution in [2.24, 2.45) is 5.92 Å². The van der Waals surface area contributed by atoms with E-state index < -0.39 is 0 Å². The van der Waals surface area contributed by atoms with Crippen molar-refractivity contribution in [2.75, 3.05) is 7.11 Å². The fourth-order valence-corrected chi connectivity index (χ4v) is 3.83. The lowest BCUT2D eigenvalue weighted by atomic mass is 9.84. The second kappa shape index (κ2) is 5.94. The summed E-state index contributed by atoms with van der Waals surface area (Å²) in [5, 5.41) is 0.609. The van der Waals surface area contributed by atoms with Gasteiger partial charge in [-0.3, -0.25) is 4.79 Å². The summed E-state index contributed by atoms with van der Waals surface area (Å²) in [5.41, 5.74) is 2.57. The minimum atomic E-state index is -0.113. The van der Waals surface area contributed by atoms with Crippen LogP contribution in [0.3, 0.4) is 0 Å². The molecule has 0 saturated carbocycles. The quantitative estimate of drug-likeness (QED) is 0.755. The molecular formula is C18H16Cl2O2. The number of fused-ring (bicyclic) bond motifs is 1. The van der Waals surface area contributed by atoms with Crippen LogP contribution < -0.4 is 4.74 Å². The van der Waals surface area contributed by atoms with Crippen LogP contribution in [-0.4, -0.2) is 12.9 Å². The molecule has 0 aliphatic heterocycles. The Morgan fingerprint density at radius 1 is 1.14 bits per heavy atom. The van der Waals surface area contributed by atoms with Gasteiger partial charge in [0.05, 0.1) is 12.1 Å². The molecule has 2 nitrogen and oxygen atoms in total. The summed E-state index contributed by atoms with van der Waals surface area (Å²) in [5.74, 6) is 0.465. The zero-order valence-electron chi connectivity index (χ0n) is 12.4. The van der Waals surface area contributed by atoms with Crippen LogP contribution in [0.5, 0.6) is 5.75 Å². The molecule has 2 unspecified atom stereocenters. The van der Waals surface area contributed by atoms with Gasteiger partial charge in [-0.25, -0.2) is 0 Å². The van der Waals surface area contributed by atoms with Crippen LogP contribution in [-0.2, 0) is 0 Å². The Hall–Kier alpha value is -1.51. The van der Waals surface area contributed by atoms with Crippen LogP contribution in [0.15, 0.2) is 36.4 Å². The molecule has 2 aromatic rings. The van der Waals surface area contributed by atoms with Crippen LogP contribution in [0.1, 0.15) is 40.7 Å². The van der Waals surface area contributed by atoms with Gasteiger partial charge in [0.25, 0.3) is 0 Å². The third-order valence-electron chi connectivity index (χ3n) is 4.34. The van der Waals surface area contributed by atoms with E-state index in [1.165, 1.54) is 0 Å². The Morgan fingerprint density at radius 2 is 1.82 bits per heavy atom. The van der Waals surface area contributed by atoms with Crippen molar-refractivity contribution in [1.29, 1.82) is 0 Å². The second-order valence-corrected chi connectivity index (χ2v) is 6.19. The van der Waals surface area contributed by atoms with Crippen molar-refractivity contribution in [3.63, 3.8) is 0 Å². The second-order valence-electron chi connectivity index (χ2n) is 5.44. The first kappa shape index (κ1) is 15.4. The SMILES string of the molecule is CCC1C(=O)c2c(cc(OC)c(Cl)c2Cl)C1c1ccccc1. The molecule has 114 valence electrons. The van der Waals surface area contributed by atoms with Crippen molar-refractivity contribution in [3.8, 4) is 5.75 Å². The normalized spacial score (nSPS) is 20.1. The number of ether oxygens (including phenoxy) is 1. The number of hydrogen-bond acceptors (Lipinski definition) is 2. The number of benzene rings is 2. The molecule has 0 fully saturated rings. The first-order valence-corrected chi connectivity index (χ1v) is 8.00. The highest BCUT2D eigenvalue weighted by Gasteiger charge is 2.42. The lowest BCUT2D eigenvalue weighted by Crippen LogP contribution is -2.13. The van der Waals surface area contributed by atoms with Crippen molar-refractivity contribution in [3.05, 3.63) is 63.1 Å². The number of carbonyl (C=O) groups is 1. The van der Waals surface area contributed by atoms with Crippen molar-refractivity contribution >= 4 is 29.0 Å². The largest absolute Gasteiger partial charge is 0.495 e. The van der Waals surface area contributed by atoms with Crippen LogP contribution in [0.2, 0.25) is 10.0 Å². The fourth-order valence-electron chi connectivity index (χ4n) is 3.31. The third kappa shape index (κ3) is 2.22. The van der Waals surface area contributed by atoms with Gasteiger partial charge in [0, 0.05) is 17.4 Å². The van der Waals surface area contributed by atoms with E-state index in [0.717, 1.165) is 17.5 Å². The highest BCUT2D eigenvalue weighted by Crippen LogP contribution is 2.50. The first-order valence-electron chi connectivity index (χ1n) is 7.25. The van der Waals surface area contributed by atoms with Gasteiger partial charge in [-0.2, -0.15) is 0 Å². The van der Waals surface area contributed by atoms with Gasteiger partial charge < -0.3 is 4.74 Å². The first-order chi connectivity index (χ1) is 10.6. The molecule has 0 N–H and O–H groups in total. The number of carbonyl (C=O) groups excluding carboxylic acids is 1. The maximum atomic E-state index is 12.8. The maximum absolute atomic E-state index is 12.8. The van der Waals surface area contributed by atoms with E-state index in [-0.39, 0.29) is 17.6 Å². The Morgan fingerprint density at radius 3 is 2.41 bits per heavy atom. The van der Waals surface area contributed by atoms with Gasteiger partial charge >= 0.3 is 0 Å². The monoisotopic (exact) mass is 334 g/mol. The molecule has 0 heterocycles. The molecular weight excluding hydrogens is 319 g/mol. The third-order valence-corrected chi connectivity index (χ3v) is 5.19. The number of rotatable bonds is 3. The molecule has 2 aromatic carbocycles. The van der Waals surface area contributed by atoms with Crippen molar-refractivity contribution in [2.45, 2.75) is 19.3 Å². The van der Waals surface area contributed by atoms with Gasteiger partial charge in [0.2, 0.25) is 0 Å². The van der Waals surface area contributed by atoms with Gasteiger partial charge in [-0.05, 0) is 23.6 Å². The van der Waals surface area contributed by atoms with E-state index in [2.05, 4.69) is 0 Å². The molecule has 22 heavy (non-hydrogen) atoms. The average Bonchev–Trinajstić information content (AvgIpc) is 2.83. The Balaban J connectivity index is 2.26. The van der Waals surface area contributed by atoms with E-state index in [1.807, 2.05) is 43.3 Å². The number of methoxy groups -OCH3 is 1. The van der Waals surface area contributed by atoms with Crippen LogP contribution in [0.4, 0.5) is 0 Å². The summed E-state index contributed by atoms with van der Waals surface area (Å²) in [6.45, 7) is 2.02. The van der Waals surface area contributed by atoms with Gasteiger partial charge in [-0.1, -0.05) is 60.5 Å². The van der Waals surface area contributed by atoms with E-state index in [9.17, 15) is 4.79 Å². The summed E-state index contributed by atoms with van der Waals surface area (Å²) < 4.78 is 5.31. The summed E-state index contributed by atoms with van der Waals surface area (Å²) >= 11 is 12.6.